The van der Waals surface area contributed by atoms with Gasteiger partial charge in [0, 0.05) is 0 Å². The van der Waals surface area contributed by atoms with Crippen LogP contribution in [0.5, 0.6) is 0 Å². The third-order valence-corrected chi connectivity index (χ3v) is 7.62. The Hall–Kier alpha value is -5.44. The molecular weight excluding hydrogens is 610 g/mol. The van der Waals surface area contributed by atoms with Crippen LogP contribution in [0, 0.1) is 10.7 Å². The van der Waals surface area contributed by atoms with Crippen LogP contribution in [0.2, 0.25) is 0 Å². The molecule has 232 valence electrons. The SMILES string of the molecule is N#CS[C@@H]1O[C@H](COC(=O)c2ccccc2)[C@@H](OC(=O)c2ccccc2)[C@H](OC(=O)c2ccccc2)[C@H]1OC(=O)c1ccccc1. The molecule has 4 aromatic carbocycles. The van der Waals surface area contributed by atoms with E-state index in [0.29, 0.717) is 11.8 Å². The Kier molecular flexibility index (Phi) is 10.8. The molecule has 1 aliphatic heterocycles. The molecule has 11 heteroatoms. The van der Waals surface area contributed by atoms with Gasteiger partial charge in [0.15, 0.2) is 23.7 Å². The minimum absolute atomic E-state index is 0.173. The van der Waals surface area contributed by atoms with Crippen molar-refractivity contribution < 1.29 is 42.9 Å². The van der Waals surface area contributed by atoms with Crippen molar-refractivity contribution in [2.75, 3.05) is 6.61 Å². The third-order valence-electron chi connectivity index (χ3n) is 6.91. The van der Waals surface area contributed by atoms with Gasteiger partial charge in [-0.1, -0.05) is 72.8 Å². The quantitative estimate of drug-likeness (QED) is 0.124. The van der Waals surface area contributed by atoms with Gasteiger partial charge < -0.3 is 23.7 Å². The maximum Gasteiger partial charge on any atom is 0.338 e. The van der Waals surface area contributed by atoms with E-state index < -0.39 is 60.3 Å². The van der Waals surface area contributed by atoms with Crippen LogP contribution in [-0.2, 0) is 23.7 Å². The summed E-state index contributed by atoms with van der Waals surface area (Å²) in [6.45, 7) is -0.457. The monoisotopic (exact) mass is 637 g/mol. The normalized spacial score (nSPS) is 20.4. The van der Waals surface area contributed by atoms with E-state index in [1.54, 1.807) is 84.9 Å². The number of ether oxygens (including phenoxy) is 5. The Morgan fingerprint density at radius 2 is 0.935 bits per heavy atom. The number of carbonyl (C=O) groups is 4. The third kappa shape index (κ3) is 7.98. The minimum Gasteiger partial charge on any atom is -0.459 e. The van der Waals surface area contributed by atoms with Crippen molar-refractivity contribution in [3.8, 4) is 5.40 Å². The van der Waals surface area contributed by atoms with E-state index in [1.165, 1.54) is 36.4 Å². The Morgan fingerprint density at radius 3 is 1.35 bits per heavy atom. The molecule has 0 N–H and O–H groups in total. The Morgan fingerprint density at radius 1 is 0.565 bits per heavy atom. The van der Waals surface area contributed by atoms with E-state index in [-0.39, 0.29) is 22.3 Å². The van der Waals surface area contributed by atoms with Gasteiger partial charge in [0.25, 0.3) is 0 Å². The summed E-state index contributed by atoms with van der Waals surface area (Å²) >= 11 is 0.610. The lowest BCUT2D eigenvalue weighted by molar-refractivity contribution is -0.207. The predicted octanol–water partition coefficient (Wildman–Crippen LogP) is 5.46. The Labute approximate surface area is 268 Å². The van der Waals surface area contributed by atoms with Crippen molar-refractivity contribution in [1.82, 2.24) is 0 Å². The smallest absolute Gasteiger partial charge is 0.338 e. The summed E-state index contributed by atoms with van der Waals surface area (Å²) in [6, 6.07) is 32.4. The van der Waals surface area contributed by atoms with Gasteiger partial charge in [-0.05, 0) is 60.3 Å². The summed E-state index contributed by atoms with van der Waals surface area (Å²) in [6.07, 6.45) is -5.62. The summed E-state index contributed by atoms with van der Waals surface area (Å²) < 4.78 is 29.4. The van der Waals surface area contributed by atoms with E-state index in [4.69, 9.17) is 23.7 Å². The molecule has 0 bridgehead atoms. The number of carbonyl (C=O) groups excluding carboxylic acids is 4. The van der Waals surface area contributed by atoms with Gasteiger partial charge in [-0.25, -0.2) is 19.2 Å². The molecule has 1 fully saturated rings. The van der Waals surface area contributed by atoms with Gasteiger partial charge in [-0.15, -0.1) is 0 Å². The second kappa shape index (κ2) is 15.5. The van der Waals surface area contributed by atoms with Crippen LogP contribution >= 0.6 is 11.8 Å². The average Bonchev–Trinajstić information content (AvgIpc) is 3.11. The number of thiocyanates is 1. The highest BCUT2D eigenvalue weighted by Crippen LogP contribution is 2.35. The first-order valence-electron chi connectivity index (χ1n) is 14.1. The van der Waals surface area contributed by atoms with E-state index in [9.17, 15) is 24.4 Å². The fourth-order valence-corrected chi connectivity index (χ4v) is 5.32. The maximum atomic E-state index is 13.4. The molecule has 0 aromatic heterocycles. The standard InChI is InChI=1S/C35H27NO9S/c36-22-46-35-30(45-34(40)26-19-11-4-12-20-26)29(44-33(39)25-17-9-3-10-18-25)28(43-32(38)24-15-7-2-8-16-24)27(42-35)21-41-31(37)23-13-5-1-6-14-23/h1-20,27-30,35H,21H2/t27-,28-,29+,30-,35+/m1/s1. The lowest BCUT2D eigenvalue weighted by Crippen LogP contribution is -2.61. The zero-order valence-corrected chi connectivity index (χ0v) is 25.0. The highest BCUT2D eigenvalue weighted by molar-refractivity contribution is 8.04. The molecule has 0 spiro atoms. The first kappa shape index (κ1) is 32.0. The summed E-state index contributed by atoms with van der Waals surface area (Å²) in [7, 11) is 0. The molecule has 0 aliphatic carbocycles. The Bertz CT molecular complexity index is 1680. The number of nitrogens with zero attached hydrogens (tertiary/aromatic N) is 1. The van der Waals surface area contributed by atoms with Crippen molar-refractivity contribution in [1.29, 1.82) is 5.26 Å². The minimum atomic E-state index is -1.49. The van der Waals surface area contributed by atoms with Gasteiger partial charge in [0.2, 0.25) is 0 Å². The molecule has 4 aromatic rings. The van der Waals surface area contributed by atoms with Crippen molar-refractivity contribution in [2.45, 2.75) is 29.9 Å². The fraction of sp³-hybridized carbons (Fsp3) is 0.171. The van der Waals surface area contributed by atoms with Crippen LogP contribution in [0.1, 0.15) is 41.4 Å². The second-order valence-electron chi connectivity index (χ2n) is 9.92. The number of benzene rings is 4. The van der Waals surface area contributed by atoms with E-state index in [1.807, 2.05) is 5.40 Å². The van der Waals surface area contributed by atoms with Crippen LogP contribution in [0.15, 0.2) is 121 Å². The van der Waals surface area contributed by atoms with Gasteiger partial charge in [0.1, 0.15) is 18.1 Å². The molecule has 1 heterocycles. The summed E-state index contributed by atoms with van der Waals surface area (Å²) in [5.41, 5.74) is -0.430. The summed E-state index contributed by atoms with van der Waals surface area (Å²) in [5.74, 6) is -3.08. The van der Waals surface area contributed by atoms with Crippen molar-refractivity contribution >= 4 is 35.6 Å². The molecule has 46 heavy (non-hydrogen) atoms. The first-order valence-corrected chi connectivity index (χ1v) is 15.0. The molecule has 0 unspecified atom stereocenters. The highest BCUT2D eigenvalue weighted by atomic mass is 32.2. The van der Waals surface area contributed by atoms with Gasteiger partial charge in [0.05, 0.1) is 22.3 Å². The molecule has 5 atom stereocenters. The largest absolute Gasteiger partial charge is 0.459 e. The number of nitriles is 1. The maximum absolute atomic E-state index is 13.4. The second-order valence-corrected chi connectivity index (χ2v) is 10.8. The Balaban J connectivity index is 1.52. The van der Waals surface area contributed by atoms with E-state index >= 15 is 0 Å². The average molecular weight is 638 g/mol. The van der Waals surface area contributed by atoms with Crippen molar-refractivity contribution in [2.24, 2.45) is 0 Å². The van der Waals surface area contributed by atoms with E-state index in [0.717, 1.165) is 0 Å². The zero-order chi connectivity index (χ0) is 32.3. The molecule has 10 nitrogen and oxygen atoms in total. The van der Waals surface area contributed by atoms with Crippen LogP contribution in [-0.4, -0.2) is 60.3 Å². The number of hydrogen-bond donors (Lipinski definition) is 0. The number of thioether (sulfide) groups is 1. The molecule has 0 radical (unpaired) electrons. The fourth-order valence-electron chi connectivity index (χ4n) is 4.67. The molecule has 1 aliphatic rings. The predicted molar refractivity (Wildman–Crippen MR) is 166 cm³/mol. The van der Waals surface area contributed by atoms with Gasteiger partial charge in [-0.3, -0.25) is 0 Å². The first-order chi connectivity index (χ1) is 22.4. The summed E-state index contributed by atoms with van der Waals surface area (Å²) in [5, 5.41) is 11.6. The molecule has 0 amide bonds. The number of rotatable bonds is 10. The van der Waals surface area contributed by atoms with Crippen molar-refractivity contribution in [3.63, 3.8) is 0 Å². The topological polar surface area (TPSA) is 138 Å². The highest BCUT2D eigenvalue weighted by Gasteiger charge is 2.53. The molecule has 1 saturated heterocycles. The van der Waals surface area contributed by atoms with E-state index in [2.05, 4.69) is 0 Å². The summed E-state index contributed by atoms with van der Waals surface area (Å²) in [4.78, 5) is 53.0. The van der Waals surface area contributed by atoms with Gasteiger partial charge in [-0.2, -0.15) is 5.26 Å². The van der Waals surface area contributed by atoms with Crippen molar-refractivity contribution in [3.05, 3.63) is 144 Å². The lowest BCUT2D eigenvalue weighted by atomic mass is 9.98. The van der Waals surface area contributed by atoms with Crippen LogP contribution in [0.25, 0.3) is 0 Å². The lowest BCUT2D eigenvalue weighted by Gasteiger charge is -2.43. The van der Waals surface area contributed by atoms with Crippen LogP contribution in [0.4, 0.5) is 0 Å². The number of hydrogen-bond acceptors (Lipinski definition) is 11. The number of esters is 4. The molecule has 0 saturated carbocycles. The molecule has 5 rings (SSSR count). The van der Waals surface area contributed by atoms with Crippen LogP contribution < -0.4 is 0 Å². The molecular formula is C35H27NO9S. The zero-order valence-electron chi connectivity index (χ0n) is 24.2. The van der Waals surface area contributed by atoms with Gasteiger partial charge >= 0.3 is 23.9 Å². The van der Waals surface area contributed by atoms with Crippen LogP contribution in [0.3, 0.4) is 0 Å².